The molecule has 2 aromatic carbocycles. The molecule has 0 radical (unpaired) electrons. The molecular weight excluding hydrogens is 408 g/mol. The SMILES string of the molecule is CCCNC(=O)C(=O)N/N=C\c1cc(Br)ccc1Nc1cc(C)ccc1C. The van der Waals surface area contributed by atoms with Crippen molar-refractivity contribution in [2.45, 2.75) is 27.2 Å². The second-order valence-corrected chi connectivity index (χ2v) is 7.05. The molecule has 27 heavy (non-hydrogen) atoms. The first-order valence-corrected chi connectivity index (χ1v) is 9.45. The summed E-state index contributed by atoms with van der Waals surface area (Å²) < 4.78 is 0.877. The fourth-order valence-electron chi connectivity index (χ4n) is 2.30. The van der Waals surface area contributed by atoms with Gasteiger partial charge in [-0.25, -0.2) is 5.43 Å². The highest BCUT2D eigenvalue weighted by Crippen LogP contribution is 2.26. The number of halogens is 1. The predicted molar refractivity (Wildman–Crippen MR) is 112 cm³/mol. The highest BCUT2D eigenvalue weighted by atomic mass is 79.9. The first-order valence-electron chi connectivity index (χ1n) is 8.65. The molecule has 0 aliphatic carbocycles. The van der Waals surface area contributed by atoms with Crippen LogP contribution in [0.2, 0.25) is 0 Å². The van der Waals surface area contributed by atoms with Crippen molar-refractivity contribution in [2.24, 2.45) is 5.10 Å². The minimum atomic E-state index is -0.793. The highest BCUT2D eigenvalue weighted by Gasteiger charge is 2.11. The Hall–Kier alpha value is -2.67. The molecule has 0 heterocycles. The van der Waals surface area contributed by atoms with E-state index in [0.717, 1.165) is 39.0 Å². The number of nitrogens with zero attached hydrogens (tertiary/aromatic N) is 1. The van der Waals surface area contributed by atoms with E-state index in [1.807, 2.05) is 39.0 Å². The zero-order valence-corrected chi connectivity index (χ0v) is 17.2. The molecule has 0 bridgehead atoms. The van der Waals surface area contributed by atoms with Crippen molar-refractivity contribution in [1.82, 2.24) is 10.7 Å². The Kier molecular flexibility index (Phi) is 7.55. The van der Waals surface area contributed by atoms with Crippen molar-refractivity contribution in [3.05, 3.63) is 57.6 Å². The molecule has 0 spiro atoms. The van der Waals surface area contributed by atoms with Gasteiger partial charge in [0.1, 0.15) is 0 Å². The van der Waals surface area contributed by atoms with Gasteiger partial charge in [0, 0.05) is 28.0 Å². The Morgan fingerprint density at radius 3 is 2.59 bits per heavy atom. The molecule has 0 unspecified atom stereocenters. The number of hydrazone groups is 1. The topological polar surface area (TPSA) is 82.6 Å². The van der Waals surface area contributed by atoms with Gasteiger partial charge in [-0.2, -0.15) is 5.10 Å². The van der Waals surface area contributed by atoms with E-state index in [1.54, 1.807) is 0 Å². The summed E-state index contributed by atoms with van der Waals surface area (Å²) in [5, 5.41) is 9.80. The number of nitrogens with one attached hydrogen (secondary N) is 3. The van der Waals surface area contributed by atoms with E-state index >= 15 is 0 Å². The normalized spacial score (nSPS) is 10.7. The average molecular weight is 431 g/mol. The number of hydrogen-bond donors (Lipinski definition) is 3. The van der Waals surface area contributed by atoms with E-state index in [0.29, 0.717) is 6.54 Å². The number of amides is 2. The van der Waals surface area contributed by atoms with Crippen LogP contribution >= 0.6 is 15.9 Å². The Bertz CT molecular complexity index is 865. The largest absolute Gasteiger partial charge is 0.355 e. The van der Waals surface area contributed by atoms with E-state index < -0.39 is 11.8 Å². The lowest BCUT2D eigenvalue weighted by atomic mass is 10.1. The summed E-state index contributed by atoms with van der Waals surface area (Å²) in [6.45, 7) is 6.43. The fraction of sp³-hybridized carbons (Fsp3) is 0.250. The number of carbonyl (C=O) groups is 2. The maximum atomic E-state index is 11.7. The summed E-state index contributed by atoms with van der Waals surface area (Å²) in [6, 6.07) is 11.9. The molecule has 142 valence electrons. The molecule has 2 amide bonds. The van der Waals surface area contributed by atoms with E-state index in [-0.39, 0.29) is 0 Å². The number of carbonyl (C=O) groups excluding carboxylic acids is 2. The monoisotopic (exact) mass is 430 g/mol. The van der Waals surface area contributed by atoms with E-state index in [1.165, 1.54) is 6.21 Å². The van der Waals surface area contributed by atoms with Crippen molar-refractivity contribution in [1.29, 1.82) is 0 Å². The number of rotatable bonds is 6. The van der Waals surface area contributed by atoms with Gasteiger partial charge < -0.3 is 10.6 Å². The zero-order valence-electron chi connectivity index (χ0n) is 15.6. The van der Waals surface area contributed by atoms with Crippen molar-refractivity contribution in [3.63, 3.8) is 0 Å². The Morgan fingerprint density at radius 1 is 1.07 bits per heavy atom. The van der Waals surface area contributed by atoms with Crippen LogP contribution in [0, 0.1) is 13.8 Å². The lowest BCUT2D eigenvalue weighted by molar-refractivity contribution is -0.139. The van der Waals surface area contributed by atoms with Gasteiger partial charge in [0.15, 0.2) is 0 Å². The maximum Gasteiger partial charge on any atom is 0.329 e. The molecule has 0 atom stereocenters. The van der Waals surface area contributed by atoms with Crippen molar-refractivity contribution in [2.75, 3.05) is 11.9 Å². The molecule has 6 nitrogen and oxygen atoms in total. The van der Waals surface area contributed by atoms with Crippen LogP contribution in [0.1, 0.15) is 30.0 Å². The first kappa shape index (κ1) is 20.6. The molecule has 0 aliphatic heterocycles. The van der Waals surface area contributed by atoms with Crippen LogP contribution in [0.5, 0.6) is 0 Å². The van der Waals surface area contributed by atoms with Crippen molar-refractivity contribution < 1.29 is 9.59 Å². The summed E-state index contributed by atoms with van der Waals surface area (Å²) in [4.78, 5) is 23.3. The molecule has 2 rings (SSSR count). The number of hydrogen-bond acceptors (Lipinski definition) is 4. The lowest BCUT2D eigenvalue weighted by Crippen LogP contribution is -2.38. The second-order valence-electron chi connectivity index (χ2n) is 6.13. The minimum absolute atomic E-state index is 0.450. The smallest absolute Gasteiger partial charge is 0.329 e. The van der Waals surface area contributed by atoms with Gasteiger partial charge in [0.2, 0.25) is 0 Å². The fourth-order valence-corrected chi connectivity index (χ4v) is 2.68. The highest BCUT2D eigenvalue weighted by molar-refractivity contribution is 9.10. The summed E-state index contributed by atoms with van der Waals surface area (Å²) in [7, 11) is 0. The van der Waals surface area contributed by atoms with Gasteiger partial charge in [-0.1, -0.05) is 35.0 Å². The third-order valence-corrected chi connectivity index (χ3v) is 4.28. The number of anilines is 2. The number of aryl methyl sites for hydroxylation is 2. The van der Waals surface area contributed by atoms with Gasteiger partial charge in [-0.05, 0) is 55.7 Å². The molecule has 0 fully saturated rings. The maximum absolute atomic E-state index is 11.7. The standard InChI is InChI=1S/C20H23BrN4O2/c1-4-9-22-19(26)20(27)25-23-12-15-11-16(21)7-8-17(15)24-18-10-13(2)5-6-14(18)3/h5-8,10-12,24H,4,9H2,1-3H3,(H,22,26)(H,25,27)/b23-12-. The zero-order chi connectivity index (χ0) is 19.8. The average Bonchev–Trinajstić information content (AvgIpc) is 2.64. The number of benzene rings is 2. The Labute approximate surface area is 167 Å². The first-order chi connectivity index (χ1) is 12.9. The van der Waals surface area contributed by atoms with E-state index in [2.05, 4.69) is 55.3 Å². The van der Waals surface area contributed by atoms with E-state index in [9.17, 15) is 9.59 Å². The van der Waals surface area contributed by atoms with Crippen LogP contribution < -0.4 is 16.1 Å². The minimum Gasteiger partial charge on any atom is -0.355 e. The molecule has 0 aliphatic rings. The van der Waals surface area contributed by atoms with Crippen LogP contribution in [-0.4, -0.2) is 24.6 Å². The van der Waals surface area contributed by atoms with Crippen molar-refractivity contribution >= 4 is 45.3 Å². The Balaban J connectivity index is 2.14. The van der Waals surface area contributed by atoms with Gasteiger partial charge in [-0.3, -0.25) is 9.59 Å². The predicted octanol–water partition coefficient (Wildman–Crippen LogP) is 3.79. The van der Waals surface area contributed by atoms with Gasteiger partial charge >= 0.3 is 11.8 Å². The molecule has 0 aromatic heterocycles. The van der Waals surface area contributed by atoms with E-state index in [4.69, 9.17) is 0 Å². The molecule has 7 heteroatoms. The van der Waals surface area contributed by atoms with Gasteiger partial charge in [-0.15, -0.1) is 0 Å². The molecule has 0 saturated heterocycles. The lowest BCUT2D eigenvalue weighted by Gasteiger charge is -2.13. The van der Waals surface area contributed by atoms with Gasteiger partial charge in [0.05, 0.1) is 6.21 Å². The summed E-state index contributed by atoms with van der Waals surface area (Å²) in [6.07, 6.45) is 2.26. The van der Waals surface area contributed by atoms with Crippen LogP contribution in [0.3, 0.4) is 0 Å². The van der Waals surface area contributed by atoms with Crippen LogP contribution in [-0.2, 0) is 9.59 Å². The van der Waals surface area contributed by atoms with Crippen LogP contribution in [0.15, 0.2) is 46.0 Å². The second kappa shape index (κ2) is 9.87. The van der Waals surface area contributed by atoms with Gasteiger partial charge in [0.25, 0.3) is 0 Å². The summed E-state index contributed by atoms with van der Waals surface area (Å²) in [5.41, 5.74) is 7.11. The summed E-state index contributed by atoms with van der Waals surface area (Å²) >= 11 is 3.44. The molecule has 3 N–H and O–H groups in total. The van der Waals surface area contributed by atoms with Crippen molar-refractivity contribution in [3.8, 4) is 0 Å². The summed E-state index contributed by atoms with van der Waals surface area (Å²) in [5.74, 6) is -1.49. The molecule has 0 saturated carbocycles. The quantitative estimate of drug-likeness (QED) is 0.370. The Morgan fingerprint density at radius 2 is 1.85 bits per heavy atom. The third kappa shape index (κ3) is 6.21. The molecule has 2 aromatic rings. The molecular formula is C20H23BrN4O2. The third-order valence-electron chi connectivity index (χ3n) is 3.79. The van der Waals surface area contributed by atoms with Crippen LogP contribution in [0.25, 0.3) is 0 Å². The van der Waals surface area contributed by atoms with Crippen LogP contribution in [0.4, 0.5) is 11.4 Å².